The number of rotatable bonds is 7. The Labute approximate surface area is 197 Å². The largest absolute Gasteiger partial charge is 0.469 e. The Morgan fingerprint density at radius 1 is 1.12 bits per heavy atom. The van der Waals surface area contributed by atoms with Gasteiger partial charge in [-0.15, -0.1) is 0 Å². The van der Waals surface area contributed by atoms with E-state index >= 15 is 0 Å². The maximum Gasteiger partial charge on any atom is 0.307 e. The third-order valence-electron chi connectivity index (χ3n) is 6.60. The van der Waals surface area contributed by atoms with Crippen LogP contribution in [-0.4, -0.2) is 52.7 Å². The topological polar surface area (TPSA) is 93.5 Å². The Kier molecular flexibility index (Phi) is 6.04. The van der Waals surface area contributed by atoms with Crippen LogP contribution >= 0.6 is 0 Å². The van der Waals surface area contributed by atoms with E-state index in [1.54, 1.807) is 4.90 Å². The summed E-state index contributed by atoms with van der Waals surface area (Å²) in [6.45, 7) is 1.90. The van der Waals surface area contributed by atoms with Gasteiger partial charge in [-0.25, -0.2) is 0 Å². The Morgan fingerprint density at radius 2 is 1.91 bits per heavy atom. The molecule has 1 N–H and O–H groups in total. The molecular formula is C26H28N4O4. The lowest BCUT2D eigenvalue weighted by molar-refractivity contribution is -0.140. The fraction of sp³-hybridized carbons (Fsp3) is 0.385. The summed E-state index contributed by atoms with van der Waals surface area (Å²) in [5, 5.41) is 9.53. The number of nitrogens with zero attached hydrogens (tertiary/aromatic N) is 3. The van der Waals surface area contributed by atoms with Crippen molar-refractivity contribution in [3.05, 3.63) is 65.0 Å². The molecule has 8 heteroatoms. The number of hydrogen-bond donors (Lipinski definition) is 1. The van der Waals surface area contributed by atoms with E-state index in [2.05, 4.69) is 15.2 Å². The van der Waals surface area contributed by atoms with E-state index in [0.717, 1.165) is 28.6 Å². The molecule has 5 rings (SSSR count). The number of carbonyl (C=O) groups is 3. The molecule has 0 atom stereocenters. The van der Waals surface area contributed by atoms with Gasteiger partial charge in [-0.1, -0.05) is 30.3 Å². The molecule has 0 bridgehead atoms. The van der Waals surface area contributed by atoms with Gasteiger partial charge in [-0.3, -0.25) is 19.1 Å². The van der Waals surface area contributed by atoms with Crippen molar-refractivity contribution in [1.82, 2.24) is 20.0 Å². The number of carbonyl (C=O) groups excluding carboxylic acids is 3. The standard InChI is InChI=1S/C26H28N4O4/c1-34-23(31)10-12-27-25(32)24-21-16-29(13-11-22(21)30(28-24)15-17-6-7-17)26(33)20-9-8-18-4-2-3-5-19(18)14-20/h2-5,8-9,14,17H,6-7,10-13,15-16H2,1H3,(H,27,32). The minimum Gasteiger partial charge on any atom is -0.469 e. The van der Waals surface area contributed by atoms with Crippen molar-refractivity contribution in [2.45, 2.75) is 38.8 Å². The van der Waals surface area contributed by atoms with Crippen LogP contribution in [-0.2, 0) is 29.0 Å². The number of aromatic nitrogens is 2. The summed E-state index contributed by atoms with van der Waals surface area (Å²) in [5.74, 6) is -0.150. The number of methoxy groups -OCH3 is 1. The quantitative estimate of drug-likeness (QED) is 0.547. The molecular weight excluding hydrogens is 432 g/mol. The van der Waals surface area contributed by atoms with Crippen molar-refractivity contribution >= 4 is 28.6 Å². The summed E-state index contributed by atoms with van der Waals surface area (Å²) in [6.07, 6.45) is 3.12. The van der Waals surface area contributed by atoms with Crippen molar-refractivity contribution in [3.8, 4) is 0 Å². The molecule has 2 heterocycles. The van der Waals surface area contributed by atoms with Crippen molar-refractivity contribution in [3.63, 3.8) is 0 Å². The molecule has 8 nitrogen and oxygen atoms in total. The first-order valence-electron chi connectivity index (χ1n) is 11.7. The summed E-state index contributed by atoms with van der Waals surface area (Å²) in [7, 11) is 1.32. The molecule has 176 valence electrons. The van der Waals surface area contributed by atoms with Gasteiger partial charge in [0.2, 0.25) is 0 Å². The van der Waals surface area contributed by atoms with E-state index < -0.39 is 0 Å². The van der Waals surface area contributed by atoms with Crippen molar-refractivity contribution < 1.29 is 19.1 Å². The minimum atomic E-state index is -0.381. The van der Waals surface area contributed by atoms with Gasteiger partial charge in [0.25, 0.3) is 11.8 Å². The monoisotopic (exact) mass is 460 g/mol. The third-order valence-corrected chi connectivity index (χ3v) is 6.60. The average Bonchev–Trinajstić information content (AvgIpc) is 3.62. The second-order valence-corrected chi connectivity index (χ2v) is 9.02. The normalized spacial score (nSPS) is 15.1. The molecule has 2 aromatic carbocycles. The molecule has 34 heavy (non-hydrogen) atoms. The second-order valence-electron chi connectivity index (χ2n) is 9.02. The van der Waals surface area contributed by atoms with E-state index in [0.29, 0.717) is 36.7 Å². The van der Waals surface area contributed by atoms with Gasteiger partial charge in [0.15, 0.2) is 5.69 Å². The van der Waals surface area contributed by atoms with Crippen LogP contribution in [0.4, 0.5) is 0 Å². The Hall–Kier alpha value is -3.68. The number of esters is 1. The number of benzene rings is 2. The molecule has 1 aliphatic heterocycles. The SMILES string of the molecule is COC(=O)CCNC(=O)c1nn(CC2CC2)c2c1CN(C(=O)c1ccc3ccccc3c1)CC2. The molecule has 0 spiro atoms. The van der Waals surface area contributed by atoms with E-state index in [4.69, 9.17) is 0 Å². The molecule has 0 unspecified atom stereocenters. The fourth-order valence-electron chi connectivity index (χ4n) is 4.51. The summed E-state index contributed by atoms with van der Waals surface area (Å²) < 4.78 is 6.60. The zero-order chi connectivity index (χ0) is 23.7. The van der Waals surface area contributed by atoms with E-state index in [-0.39, 0.29) is 30.7 Å². The van der Waals surface area contributed by atoms with Crippen molar-refractivity contribution in [2.24, 2.45) is 5.92 Å². The van der Waals surface area contributed by atoms with Gasteiger partial charge in [0.05, 0.1) is 20.1 Å². The number of hydrogen-bond acceptors (Lipinski definition) is 5. The number of fused-ring (bicyclic) bond motifs is 2. The highest BCUT2D eigenvalue weighted by Crippen LogP contribution is 2.33. The van der Waals surface area contributed by atoms with E-state index in [1.165, 1.54) is 20.0 Å². The van der Waals surface area contributed by atoms with Crippen LogP contribution in [0.25, 0.3) is 10.8 Å². The summed E-state index contributed by atoms with van der Waals surface area (Å²) in [6, 6.07) is 13.7. The highest BCUT2D eigenvalue weighted by Gasteiger charge is 2.32. The highest BCUT2D eigenvalue weighted by atomic mass is 16.5. The zero-order valence-electron chi connectivity index (χ0n) is 19.3. The van der Waals surface area contributed by atoms with Gasteiger partial charge in [-0.2, -0.15) is 5.10 Å². The van der Waals surface area contributed by atoms with Gasteiger partial charge >= 0.3 is 5.97 Å². The van der Waals surface area contributed by atoms with Crippen LogP contribution in [0, 0.1) is 5.92 Å². The van der Waals surface area contributed by atoms with Crippen LogP contribution in [0.1, 0.15) is 51.4 Å². The molecule has 3 aromatic rings. The van der Waals surface area contributed by atoms with Crippen LogP contribution in [0.2, 0.25) is 0 Å². The Bertz CT molecular complexity index is 1260. The van der Waals surface area contributed by atoms with Gasteiger partial charge in [0.1, 0.15) is 0 Å². The summed E-state index contributed by atoms with van der Waals surface area (Å²) in [4.78, 5) is 39.5. The Balaban J connectivity index is 1.37. The molecule has 2 amide bonds. The van der Waals surface area contributed by atoms with Crippen LogP contribution in [0.15, 0.2) is 42.5 Å². The first-order chi connectivity index (χ1) is 16.5. The first kappa shape index (κ1) is 22.1. The molecule has 1 saturated carbocycles. The van der Waals surface area contributed by atoms with Crippen molar-refractivity contribution in [1.29, 1.82) is 0 Å². The molecule has 0 radical (unpaired) electrons. The predicted octanol–water partition coefficient (Wildman–Crippen LogP) is 2.94. The summed E-state index contributed by atoms with van der Waals surface area (Å²) in [5.41, 5.74) is 2.82. The average molecular weight is 461 g/mol. The predicted molar refractivity (Wildman–Crippen MR) is 126 cm³/mol. The lowest BCUT2D eigenvalue weighted by Gasteiger charge is -2.28. The molecule has 1 aromatic heterocycles. The van der Waals surface area contributed by atoms with Crippen molar-refractivity contribution in [2.75, 3.05) is 20.2 Å². The molecule has 1 aliphatic carbocycles. The third kappa shape index (κ3) is 4.53. The Morgan fingerprint density at radius 3 is 2.68 bits per heavy atom. The summed E-state index contributed by atoms with van der Waals surface area (Å²) >= 11 is 0. The number of ether oxygens (including phenoxy) is 1. The lowest BCUT2D eigenvalue weighted by atomic mass is 10.0. The lowest BCUT2D eigenvalue weighted by Crippen LogP contribution is -2.37. The first-order valence-corrected chi connectivity index (χ1v) is 11.7. The maximum atomic E-state index is 13.4. The zero-order valence-corrected chi connectivity index (χ0v) is 19.3. The van der Waals surface area contributed by atoms with Gasteiger partial charge < -0.3 is 15.0 Å². The maximum absolute atomic E-state index is 13.4. The van der Waals surface area contributed by atoms with Crippen LogP contribution in [0.5, 0.6) is 0 Å². The fourth-order valence-corrected chi connectivity index (χ4v) is 4.51. The molecule has 1 fully saturated rings. The second kappa shape index (κ2) is 9.29. The van der Waals surface area contributed by atoms with Gasteiger partial charge in [-0.05, 0) is 41.7 Å². The minimum absolute atomic E-state index is 0.0524. The van der Waals surface area contributed by atoms with Crippen LogP contribution < -0.4 is 5.32 Å². The van der Waals surface area contributed by atoms with E-state index in [9.17, 15) is 14.4 Å². The van der Waals surface area contributed by atoms with E-state index in [1.807, 2.05) is 47.1 Å². The number of amides is 2. The molecule has 0 saturated heterocycles. The number of nitrogens with one attached hydrogen (secondary N) is 1. The highest BCUT2D eigenvalue weighted by molar-refractivity contribution is 5.99. The molecule has 2 aliphatic rings. The smallest absolute Gasteiger partial charge is 0.307 e. The van der Waals surface area contributed by atoms with Crippen LogP contribution in [0.3, 0.4) is 0 Å². The van der Waals surface area contributed by atoms with Gasteiger partial charge in [0, 0.05) is 42.9 Å².